The number of rotatable bonds is 4. The van der Waals surface area contributed by atoms with Gasteiger partial charge in [0.05, 0.1) is 5.69 Å². The van der Waals surface area contributed by atoms with Gasteiger partial charge in [0.2, 0.25) is 5.91 Å². The molecule has 0 aromatic heterocycles. The summed E-state index contributed by atoms with van der Waals surface area (Å²) in [6.45, 7) is 6.21. The molecule has 0 aliphatic carbocycles. The number of halogens is 1. The Morgan fingerprint density at radius 1 is 1.21 bits per heavy atom. The SMILES string of the molecule is CCN(CC)C(=O)Nc1ccc(F)c(NC(C)=O)c1. The maximum atomic E-state index is 13.4. The largest absolute Gasteiger partial charge is 0.325 e. The molecule has 0 heterocycles. The molecule has 0 unspecified atom stereocenters. The number of amides is 3. The Labute approximate surface area is 111 Å². The summed E-state index contributed by atoms with van der Waals surface area (Å²) in [7, 11) is 0. The van der Waals surface area contributed by atoms with Crippen LogP contribution < -0.4 is 10.6 Å². The van der Waals surface area contributed by atoms with E-state index in [1.54, 1.807) is 4.90 Å². The van der Waals surface area contributed by atoms with E-state index < -0.39 is 5.82 Å². The van der Waals surface area contributed by atoms with Crippen LogP contribution in [0.1, 0.15) is 20.8 Å². The zero-order valence-corrected chi connectivity index (χ0v) is 11.3. The Bertz CT molecular complexity index is 473. The van der Waals surface area contributed by atoms with Crippen molar-refractivity contribution in [3.8, 4) is 0 Å². The van der Waals surface area contributed by atoms with Gasteiger partial charge in [0.15, 0.2) is 0 Å². The fraction of sp³-hybridized carbons (Fsp3) is 0.385. The van der Waals surface area contributed by atoms with Gasteiger partial charge >= 0.3 is 6.03 Å². The van der Waals surface area contributed by atoms with Gasteiger partial charge in [-0.3, -0.25) is 4.79 Å². The molecular weight excluding hydrogens is 249 g/mol. The summed E-state index contributed by atoms with van der Waals surface area (Å²) in [4.78, 5) is 24.4. The van der Waals surface area contributed by atoms with Crippen molar-refractivity contribution in [2.45, 2.75) is 20.8 Å². The summed E-state index contributed by atoms with van der Waals surface area (Å²) in [5.74, 6) is -0.915. The average Bonchev–Trinajstić information content (AvgIpc) is 2.34. The molecule has 104 valence electrons. The van der Waals surface area contributed by atoms with E-state index in [0.717, 1.165) is 0 Å². The Hall–Kier alpha value is -2.11. The lowest BCUT2D eigenvalue weighted by molar-refractivity contribution is -0.114. The highest BCUT2D eigenvalue weighted by atomic mass is 19.1. The highest BCUT2D eigenvalue weighted by molar-refractivity contribution is 5.92. The second-order valence-corrected chi connectivity index (χ2v) is 3.98. The maximum Gasteiger partial charge on any atom is 0.321 e. The first kappa shape index (κ1) is 14.9. The lowest BCUT2D eigenvalue weighted by atomic mass is 10.2. The number of urea groups is 1. The molecule has 0 bridgehead atoms. The van der Waals surface area contributed by atoms with Gasteiger partial charge in [-0.25, -0.2) is 9.18 Å². The van der Waals surface area contributed by atoms with Crippen molar-refractivity contribution in [2.75, 3.05) is 23.7 Å². The lowest BCUT2D eigenvalue weighted by Gasteiger charge is -2.19. The Balaban J connectivity index is 2.84. The van der Waals surface area contributed by atoms with Crippen molar-refractivity contribution in [2.24, 2.45) is 0 Å². The molecule has 2 N–H and O–H groups in total. The molecule has 1 aromatic rings. The Kier molecular flexibility index (Phi) is 5.29. The number of benzene rings is 1. The van der Waals surface area contributed by atoms with Gasteiger partial charge in [-0.2, -0.15) is 0 Å². The maximum absolute atomic E-state index is 13.4. The molecule has 0 atom stereocenters. The van der Waals surface area contributed by atoms with Crippen LogP contribution in [0.15, 0.2) is 18.2 Å². The average molecular weight is 267 g/mol. The number of nitrogens with one attached hydrogen (secondary N) is 2. The summed E-state index contributed by atoms with van der Waals surface area (Å²) >= 11 is 0. The van der Waals surface area contributed by atoms with Crippen molar-refractivity contribution in [1.82, 2.24) is 4.90 Å². The minimum atomic E-state index is -0.545. The van der Waals surface area contributed by atoms with Gasteiger partial charge in [0, 0.05) is 25.7 Å². The third kappa shape index (κ3) is 4.24. The fourth-order valence-electron chi connectivity index (χ4n) is 1.60. The number of hydrogen-bond acceptors (Lipinski definition) is 2. The molecule has 0 aliphatic heterocycles. The van der Waals surface area contributed by atoms with Gasteiger partial charge in [-0.15, -0.1) is 0 Å². The minimum Gasteiger partial charge on any atom is -0.325 e. The summed E-state index contributed by atoms with van der Waals surface area (Å²) in [5.41, 5.74) is 0.479. The Morgan fingerprint density at radius 3 is 2.37 bits per heavy atom. The summed E-state index contributed by atoms with van der Waals surface area (Å²) in [6.07, 6.45) is 0. The molecule has 19 heavy (non-hydrogen) atoms. The second-order valence-electron chi connectivity index (χ2n) is 3.98. The Morgan fingerprint density at radius 2 is 1.84 bits per heavy atom. The molecule has 0 saturated carbocycles. The van der Waals surface area contributed by atoms with Crippen molar-refractivity contribution in [3.05, 3.63) is 24.0 Å². The van der Waals surface area contributed by atoms with Crippen LogP contribution in [0.3, 0.4) is 0 Å². The van der Waals surface area contributed by atoms with E-state index in [-0.39, 0.29) is 17.6 Å². The van der Waals surface area contributed by atoms with Crippen LogP contribution in [0.4, 0.5) is 20.6 Å². The van der Waals surface area contributed by atoms with E-state index in [2.05, 4.69) is 10.6 Å². The molecule has 1 rings (SSSR count). The van der Waals surface area contributed by atoms with E-state index in [1.165, 1.54) is 25.1 Å². The summed E-state index contributed by atoms with van der Waals surface area (Å²) in [6, 6.07) is 3.77. The van der Waals surface area contributed by atoms with E-state index in [1.807, 2.05) is 13.8 Å². The van der Waals surface area contributed by atoms with Gasteiger partial charge in [-0.1, -0.05) is 0 Å². The molecule has 1 aromatic carbocycles. The third-order valence-electron chi connectivity index (χ3n) is 2.58. The predicted molar refractivity (Wildman–Crippen MR) is 72.6 cm³/mol. The summed E-state index contributed by atoms with van der Waals surface area (Å²) in [5, 5.41) is 5.02. The van der Waals surface area contributed by atoms with Crippen LogP contribution in [0.25, 0.3) is 0 Å². The van der Waals surface area contributed by atoms with Crippen LogP contribution in [0, 0.1) is 5.82 Å². The third-order valence-corrected chi connectivity index (χ3v) is 2.58. The van der Waals surface area contributed by atoms with E-state index in [9.17, 15) is 14.0 Å². The second kappa shape index (κ2) is 6.72. The normalized spacial score (nSPS) is 9.89. The number of nitrogens with zero attached hydrogens (tertiary/aromatic N) is 1. The van der Waals surface area contributed by atoms with Crippen molar-refractivity contribution in [3.63, 3.8) is 0 Å². The highest BCUT2D eigenvalue weighted by Gasteiger charge is 2.11. The molecule has 0 spiro atoms. The lowest BCUT2D eigenvalue weighted by Crippen LogP contribution is -2.34. The highest BCUT2D eigenvalue weighted by Crippen LogP contribution is 2.19. The van der Waals surface area contributed by atoms with Gasteiger partial charge in [0.1, 0.15) is 5.82 Å². The molecule has 6 heteroatoms. The molecule has 5 nitrogen and oxygen atoms in total. The predicted octanol–water partition coefficient (Wildman–Crippen LogP) is 2.66. The number of anilines is 2. The first-order chi connectivity index (χ1) is 8.97. The van der Waals surface area contributed by atoms with Crippen LogP contribution in [-0.4, -0.2) is 29.9 Å². The standard InChI is InChI=1S/C13H18FN3O2/c1-4-17(5-2)13(19)16-10-6-7-11(14)12(8-10)15-9(3)18/h6-8H,4-5H2,1-3H3,(H,15,18)(H,16,19). The molecule has 0 aliphatic rings. The molecule has 3 amide bonds. The summed E-state index contributed by atoms with van der Waals surface area (Å²) < 4.78 is 13.4. The van der Waals surface area contributed by atoms with Crippen LogP contribution in [-0.2, 0) is 4.79 Å². The number of carbonyl (C=O) groups is 2. The smallest absolute Gasteiger partial charge is 0.321 e. The molecular formula is C13H18FN3O2. The van der Waals surface area contributed by atoms with Gasteiger partial charge < -0.3 is 15.5 Å². The van der Waals surface area contributed by atoms with Gasteiger partial charge in [-0.05, 0) is 32.0 Å². The molecule has 0 radical (unpaired) electrons. The quantitative estimate of drug-likeness (QED) is 0.881. The van der Waals surface area contributed by atoms with Crippen LogP contribution in [0.2, 0.25) is 0 Å². The fourth-order valence-corrected chi connectivity index (χ4v) is 1.60. The minimum absolute atomic E-state index is 0.0462. The van der Waals surface area contributed by atoms with Crippen LogP contribution in [0.5, 0.6) is 0 Å². The van der Waals surface area contributed by atoms with E-state index in [0.29, 0.717) is 18.8 Å². The van der Waals surface area contributed by atoms with Crippen molar-refractivity contribution < 1.29 is 14.0 Å². The zero-order chi connectivity index (χ0) is 14.4. The van der Waals surface area contributed by atoms with E-state index in [4.69, 9.17) is 0 Å². The first-order valence-electron chi connectivity index (χ1n) is 6.11. The number of carbonyl (C=O) groups excluding carboxylic acids is 2. The van der Waals surface area contributed by atoms with Crippen LogP contribution >= 0.6 is 0 Å². The van der Waals surface area contributed by atoms with E-state index >= 15 is 0 Å². The molecule has 0 fully saturated rings. The zero-order valence-electron chi connectivity index (χ0n) is 11.3. The van der Waals surface area contributed by atoms with Gasteiger partial charge in [0.25, 0.3) is 0 Å². The number of hydrogen-bond donors (Lipinski definition) is 2. The first-order valence-corrected chi connectivity index (χ1v) is 6.11. The van der Waals surface area contributed by atoms with Crippen molar-refractivity contribution >= 4 is 23.3 Å². The molecule has 0 saturated heterocycles. The van der Waals surface area contributed by atoms with Crippen molar-refractivity contribution in [1.29, 1.82) is 0 Å². The topological polar surface area (TPSA) is 61.4 Å². The monoisotopic (exact) mass is 267 g/mol.